The van der Waals surface area contributed by atoms with Gasteiger partial charge in [-0.1, -0.05) is 37.6 Å². The summed E-state index contributed by atoms with van der Waals surface area (Å²) in [6.07, 6.45) is 1.01. The molecule has 0 unspecified atom stereocenters. The maximum absolute atomic E-state index is 12.1. The number of aromatic hydroxyl groups is 2. The van der Waals surface area contributed by atoms with Crippen molar-refractivity contribution in [1.82, 2.24) is 0 Å². The molecular weight excluding hydrogens is 358 g/mol. The molecule has 1 aromatic carbocycles. The Bertz CT molecular complexity index is 884. The first-order valence-corrected chi connectivity index (χ1v) is 8.67. The summed E-state index contributed by atoms with van der Waals surface area (Å²) in [6, 6.07) is 7.33. The van der Waals surface area contributed by atoms with Gasteiger partial charge in [-0.05, 0) is 30.5 Å². The van der Waals surface area contributed by atoms with Crippen LogP contribution in [0.4, 0.5) is 0 Å². The van der Waals surface area contributed by atoms with Gasteiger partial charge >= 0.3 is 5.63 Å². The van der Waals surface area contributed by atoms with Crippen LogP contribution in [0.3, 0.4) is 0 Å². The Labute approximate surface area is 155 Å². The Morgan fingerprint density at radius 3 is 2.35 bits per heavy atom. The van der Waals surface area contributed by atoms with Gasteiger partial charge in [-0.25, -0.2) is 4.79 Å². The van der Waals surface area contributed by atoms with E-state index >= 15 is 0 Å². The molecule has 2 rings (SSSR count). The monoisotopic (exact) mass is 377 g/mol. The lowest BCUT2D eigenvalue weighted by Gasteiger charge is -2.10. The highest BCUT2D eigenvalue weighted by atomic mass is 35.5. The Balaban J connectivity index is 2.35. The highest BCUT2D eigenvalue weighted by molar-refractivity contribution is 6.30. The molecule has 1 heterocycles. The molecule has 0 aliphatic carbocycles. The molecule has 26 heavy (non-hydrogen) atoms. The summed E-state index contributed by atoms with van der Waals surface area (Å²) < 4.78 is 4.73. The number of halogens is 1. The molecule has 7 heteroatoms. The molecule has 1 aromatic heterocycles. The molecule has 6 nitrogen and oxygen atoms in total. The van der Waals surface area contributed by atoms with Crippen molar-refractivity contribution in [2.75, 3.05) is 6.54 Å². The number of carbonyl (C=O) groups is 1. The summed E-state index contributed by atoms with van der Waals surface area (Å²) in [5, 5.41) is 20.7. The minimum absolute atomic E-state index is 0.0451. The molecule has 0 bridgehead atoms. The fourth-order valence-corrected chi connectivity index (χ4v) is 2.66. The normalized spacial score (nSPS) is 11.6. The van der Waals surface area contributed by atoms with Crippen molar-refractivity contribution in [3.8, 4) is 11.7 Å². The molecule has 138 valence electrons. The van der Waals surface area contributed by atoms with Gasteiger partial charge in [0, 0.05) is 18.0 Å². The third-order valence-corrected chi connectivity index (χ3v) is 4.17. The van der Waals surface area contributed by atoms with Gasteiger partial charge in [0.05, 0.1) is 5.71 Å². The number of aliphatic imine (C=N–C) groups is 1. The lowest BCUT2D eigenvalue weighted by atomic mass is 10.0. The first kappa shape index (κ1) is 19.7. The van der Waals surface area contributed by atoms with E-state index in [1.165, 1.54) is 0 Å². The fraction of sp³-hybridized carbons (Fsp3) is 0.316. The highest BCUT2D eigenvalue weighted by Gasteiger charge is 2.25. The lowest BCUT2D eigenvalue weighted by Crippen LogP contribution is -2.17. The largest absolute Gasteiger partial charge is 0.506 e. The van der Waals surface area contributed by atoms with Gasteiger partial charge in [0.1, 0.15) is 16.9 Å². The van der Waals surface area contributed by atoms with Crippen LogP contribution in [-0.4, -0.2) is 28.3 Å². The number of nitrogens with zero attached hydrogens (tertiary/aromatic N) is 1. The van der Waals surface area contributed by atoms with Crippen molar-refractivity contribution in [2.45, 2.75) is 33.1 Å². The van der Waals surface area contributed by atoms with E-state index < -0.39 is 23.1 Å². The minimum atomic E-state index is -0.931. The average molecular weight is 378 g/mol. The Hall–Kier alpha value is -2.60. The molecule has 0 saturated carbocycles. The second-order valence-corrected chi connectivity index (χ2v) is 6.06. The Kier molecular flexibility index (Phi) is 6.58. The zero-order chi connectivity index (χ0) is 19.3. The van der Waals surface area contributed by atoms with Crippen LogP contribution in [-0.2, 0) is 6.42 Å². The van der Waals surface area contributed by atoms with Crippen LogP contribution in [0.25, 0.3) is 0 Å². The van der Waals surface area contributed by atoms with Crippen molar-refractivity contribution in [3.63, 3.8) is 0 Å². The molecule has 0 radical (unpaired) electrons. The quantitative estimate of drug-likeness (QED) is 0.565. The summed E-state index contributed by atoms with van der Waals surface area (Å²) in [4.78, 5) is 28.4. The topological polar surface area (TPSA) is 100 Å². The SMILES string of the molecule is CCC(=O)c1c(O)oc(=O)c(C(CC)=NCCc2ccc(Cl)cc2)c1O. The van der Waals surface area contributed by atoms with E-state index in [0.717, 1.165) is 5.56 Å². The number of hydrogen-bond donors (Lipinski definition) is 2. The average Bonchev–Trinajstić information content (AvgIpc) is 2.61. The summed E-state index contributed by atoms with van der Waals surface area (Å²) >= 11 is 5.85. The first-order chi connectivity index (χ1) is 12.4. The molecule has 0 aliphatic rings. The zero-order valence-electron chi connectivity index (χ0n) is 14.6. The van der Waals surface area contributed by atoms with Gasteiger partial charge in [0.15, 0.2) is 5.78 Å². The third kappa shape index (κ3) is 4.32. The standard InChI is InChI=1S/C19H20ClNO5/c1-3-13(21-10-9-11-5-7-12(20)8-6-11)15-17(23)16(14(22)4-2)19(25)26-18(15)24/h5-8,23,25H,3-4,9-10H2,1-2H3. The fourth-order valence-electron chi connectivity index (χ4n) is 2.53. The molecule has 0 amide bonds. The van der Waals surface area contributed by atoms with E-state index in [2.05, 4.69) is 4.99 Å². The van der Waals surface area contributed by atoms with Crippen LogP contribution in [0.15, 0.2) is 38.5 Å². The van der Waals surface area contributed by atoms with Gasteiger partial charge < -0.3 is 14.6 Å². The van der Waals surface area contributed by atoms with E-state index in [0.29, 0.717) is 30.1 Å². The van der Waals surface area contributed by atoms with E-state index in [-0.39, 0.29) is 17.5 Å². The predicted molar refractivity (Wildman–Crippen MR) is 99.8 cm³/mol. The lowest BCUT2D eigenvalue weighted by molar-refractivity contribution is 0.0976. The summed E-state index contributed by atoms with van der Waals surface area (Å²) in [5.41, 5.74) is -0.160. The minimum Gasteiger partial charge on any atom is -0.506 e. The van der Waals surface area contributed by atoms with Crippen LogP contribution < -0.4 is 5.63 Å². The van der Waals surface area contributed by atoms with Crippen molar-refractivity contribution < 1.29 is 19.4 Å². The molecule has 0 spiro atoms. The number of benzene rings is 1. The molecule has 0 aliphatic heterocycles. The first-order valence-electron chi connectivity index (χ1n) is 8.29. The van der Waals surface area contributed by atoms with E-state index in [9.17, 15) is 19.8 Å². The summed E-state index contributed by atoms with van der Waals surface area (Å²) in [6.45, 7) is 3.72. The van der Waals surface area contributed by atoms with Crippen LogP contribution in [0.5, 0.6) is 11.7 Å². The number of carbonyl (C=O) groups excluding carboxylic acids is 1. The van der Waals surface area contributed by atoms with Crippen molar-refractivity contribution >= 4 is 23.1 Å². The molecule has 0 fully saturated rings. The predicted octanol–water partition coefficient (Wildman–Crippen LogP) is 3.74. The van der Waals surface area contributed by atoms with Gasteiger partial charge in [-0.3, -0.25) is 9.79 Å². The van der Waals surface area contributed by atoms with Crippen molar-refractivity contribution in [1.29, 1.82) is 0 Å². The molecule has 0 saturated heterocycles. The van der Waals surface area contributed by atoms with Crippen LogP contribution in [0.1, 0.15) is 48.2 Å². The number of Topliss-reactive ketones (excluding diaryl/α,β-unsaturated/α-hetero) is 1. The second-order valence-electron chi connectivity index (χ2n) is 5.63. The highest BCUT2D eigenvalue weighted by Crippen LogP contribution is 2.30. The third-order valence-electron chi connectivity index (χ3n) is 3.92. The van der Waals surface area contributed by atoms with Crippen LogP contribution in [0.2, 0.25) is 5.02 Å². The molecule has 2 N–H and O–H groups in total. The smallest absolute Gasteiger partial charge is 0.351 e. The molecule has 2 aromatic rings. The van der Waals surface area contributed by atoms with Gasteiger partial charge in [-0.15, -0.1) is 0 Å². The Morgan fingerprint density at radius 2 is 1.77 bits per heavy atom. The van der Waals surface area contributed by atoms with E-state index in [1.807, 2.05) is 12.1 Å². The maximum atomic E-state index is 12.1. The van der Waals surface area contributed by atoms with E-state index in [4.69, 9.17) is 16.0 Å². The maximum Gasteiger partial charge on any atom is 0.351 e. The number of ketones is 1. The van der Waals surface area contributed by atoms with Crippen LogP contribution >= 0.6 is 11.6 Å². The van der Waals surface area contributed by atoms with Gasteiger partial charge in [0.25, 0.3) is 5.95 Å². The summed E-state index contributed by atoms with van der Waals surface area (Å²) in [5.74, 6) is -1.99. The molecular formula is C19H20ClNO5. The van der Waals surface area contributed by atoms with Crippen molar-refractivity contribution in [2.24, 2.45) is 4.99 Å². The van der Waals surface area contributed by atoms with Gasteiger partial charge in [-0.2, -0.15) is 0 Å². The van der Waals surface area contributed by atoms with Gasteiger partial charge in [0.2, 0.25) is 0 Å². The number of rotatable bonds is 7. The van der Waals surface area contributed by atoms with Crippen LogP contribution in [0, 0.1) is 0 Å². The second kappa shape index (κ2) is 8.67. The molecule has 0 atom stereocenters. The van der Waals surface area contributed by atoms with E-state index in [1.54, 1.807) is 26.0 Å². The zero-order valence-corrected chi connectivity index (χ0v) is 15.3. The van der Waals surface area contributed by atoms with Crippen molar-refractivity contribution in [3.05, 3.63) is 56.4 Å². The Morgan fingerprint density at radius 1 is 1.12 bits per heavy atom. The summed E-state index contributed by atoms with van der Waals surface area (Å²) in [7, 11) is 0. The number of hydrogen-bond acceptors (Lipinski definition) is 6.